The number of hydrogen-bond acceptors (Lipinski definition) is 3. The van der Waals surface area contributed by atoms with Crippen LogP contribution in [0.25, 0.3) is 0 Å². The van der Waals surface area contributed by atoms with Crippen molar-refractivity contribution in [3.05, 3.63) is 23.8 Å². The van der Waals surface area contributed by atoms with Gasteiger partial charge in [0.15, 0.2) is 0 Å². The van der Waals surface area contributed by atoms with Gasteiger partial charge in [0, 0.05) is 5.69 Å². The van der Waals surface area contributed by atoms with Gasteiger partial charge < -0.3 is 15.8 Å². The van der Waals surface area contributed by atoms with Gasteiger partial charge in [-0.05, 0) is 68.5 Å². The predicted molar refractivity (Wildman–Crippen MR) is 71.3 cm³/mol. The second-order valence-corrected chi connectivity index (χ2v) is 4.80. The Morgan fingerprint density at radius 3 is 2.82 bits per heavy atom. The molecule has 0 saturated carbocycles. The number of benzene rings is 1. The topological polar surface area (TPSA) is 47.3 Å². The molecule has 1 aromatic carbocycles. The summed E-state index contributed by atoms with van der Waals surface area (Å²) in [7, 11) is 1.70. The monoisotopic (exact) mass is 234 g/mol. The van der Waals surface area contributed by atoms with Crippen LogP contribution >= 0.6 is 0 Å². The van der Waals surface area contributed by atoms with Crippen LogP contribution in [0.15, 0.2) is 18.2 Å². The average Bonchev–Trinajstić information content (AvgIpc) is 2.39. The molecule has 1 saturated heterocycles. The van der Waals surface area contributed by atoms with E-state index < -0.39 is 0 Å². The van der Waals surface area contributed by atoms with Gasteiger partial charge in [-0.3, -0.25) is 0 Å². The Morgan fingerprint density at radius 1 is 1.35 bits per heavy atom. The number of rotatable bonds is 4. The Hall–Kier alpha value is -1.22. The van der Waals surface area contributed by atoms with Crippen molar-refractivity contribution in [3.63, 3.8) is 0 Å². The largest absolute Gasteiger partial charge is 0.497 e. The molecule has 17 heavy (non-hydrogen) atoms. The minimum absolute atomic E-state index is 0.849. The molecule has 0 spiro atoms. The average molecular weight is 234 g/mol. The SMILES string of the molecule is COc1ccc(N)c(CCC2CCNCC2)c1. The van der Waals surface area contributed by atoms with Crippen LogP contribution in [0.3, 0.4) is 0 Å². The van der Waals surface area contributed by atoms with E-state index in [-0.39, 0.29) is 0 Å². The second kappa shape index (κ2) is 5.92. The minimum atomic E-state index is 0.849. The Kier molecular flexibility index (Phi) is 4.26. The van der Waals surface area contributed by atoms with E-state index in [0.717, 1.165) is 36.9 Å². The fourth-order valence-corrected chi connectivity index (χ4v) is 2.46. The van der Waals surface area contributed by atoms with Crippen molar-refractivity contribution in [2.24, 2.45) is 5.92 Å². The van der Waals surface area contributed by atoms with Crippen molar-refractivity contribution >= 4 is 5.69 Å². The molecule has 3 N–H and O–H groups in total. The molecular weight excluding hydrogens is 212 g/mol. The smallest absolute Gasteiger partial charge is 0.119 e. The summed E-state index contributed by atoms with van der Waals surface area (Å²) in [6.07, 6.45) is 4.89. The number of anilines is 1. The first-order chi connectivity index (χ1) is 8.29. The van der Waals surface area contributed by atoms with Gasteiger partial charge in [0.05, 0.1) is 7.11 Å². The maximum absolute atomic E-state index is 5.99. The quantitative estimate of drug-likeness (QED) is 0.785. The maximum atomic E-state index is 5.99. The van der Waals surface area contributed by atoms with Crippen LogP contribution in [-0.4, -0.2) is 20.2 Å². The molecule has 1 aromatic rings. The van der Waals surface area contributed by atoms with Crippen molar-refractivity contribution in [1.82, 2.24) is 5.32 Å². The summed E-state index contributed by atoms with van der Waals surface area (Å²) in [4.78, 5) is 0. The summed E-state index contributed by atoms with van der Waals surface area (Å²) >= 11 is 0. The van der Waals surface area contributed by atoms with E-state index in [1.54, 1.807) is 7.11 Å². The summed E-state index contributed by atoms with van der Waals surface area (Å²) in [5.41, 5.74) is 8.11. The Balaban J connectivity index is 1.92. The fourth-order valence-electron chi connectivity index (χ4n) is 2.46. The first-order valence-corrected chi connectivity index (χ1v) is 6.42. The van der Waals surface area contributed by atoms with Crippen LogP contribution in [0.1, 0.15) is 24.8 Å². The molecular formula is C14H22N2O. The number of nitrogens with one attached hydrogen (secondary N) is 1. The first-order valence-electron chi connectivity index (χ1n) is 6.42. The maximum Gasteiger partial charge on any atom is 0.119 e. The summed E-state index contributed by atoms with van der Waals surface area (Å²) in [5, 5.41) is 3.40. The lowest BCUT2D eigenvalue weighted by atomic mass is 9.91. The standard InChI is InChI=1S/C14H22N2O/c1-17-13-4-5-14(15)12(10-13)3-2-11-6-8-16-9-7-11/h4-5,10-11,16H,2-3,6-9,15H2,1H3. The van der Waals surface area contributed by atoms with Crippen LogP contribution in [0.2, 0.25) is 0 Å². The summed E-state index contributed by atoms with van der Waals surface area (Å²) in [6.45, 7) is 2.33. The van der Waals surface area contributed by atoms with E-state index in [1.165, 1.54) is 24.8 Å². The highest BCUT2D eigenvalue weighted by atomic mass is 16.5. The Morgan fingerprint density at radius 2 is 2.12 bits per heavy atom. The molecule has 0 atom stereocenters. The lowest BCUT2D eigenvalue weighted by molar-refractivity contribution is 0.354. The van der Waals surface area contributed by atoms with Gasteiger partial charge in [0.1, 0.15) is 5.75 Å². The minimum Gasteiger partial charge on any atom is -0.497 e. The molecule has 1 aliphatic heterocycles. The van der Waals surface area contributed by atoms with Crippen molar-refractivity contribution in [1.29, 1.82) is 0 Å². The summed E-state index contributed by atoms with van der Waals surface area (Å²) in [5.74, 6) is 1.75. The zero-order valence-corrected chi connectivity index (χ0v) is 10.5. The molecule has 1 heterocycles. The number of hydrogen-bond donors (Lipinski definition) is 2. The third-order valence-corrected chi connectivity index (χ3v) is 3.63. The molecule has 3 heteroatoms. The molecule has 0 unspecified atom stereocenters. The van der Waals surface area contributed by atoms with Gasteiger partial charge in [0.2, 0.25) is 0 Å². The molecule has 3 nitrogen and oxygen atoms in total. The van der Waals surface area contributed by atoms with Crippen LogP contribution in [0, 0.1) is 5.92 Å². The second-order valence-electron chi connectivity index (χ2n) is 4.80. The predicted octanol–water partition coefficient (Wildman–Crippen LogP) is 2.21. The van der Waals surface area contributed by atoms with E-state index in [1.807, 2.05) is 12.1 Å². The van der Waals surface area contributed by atoms with Crippen LogP contribution < -0.4 is 15.8 Å². The molecule has 0 aliphatic carbocycles. The molecule has 0 radical (unpaired) electrons. The normalized spacial score (nSPS) is 17.0. The molecule has 0 amide bonds. The van der Waals surface area contributed by atoms with Crippen LogP contribution in [0.4, 0.5) is 5.69 Å². The fraction of sp³-hybridized carbons (Fsp3) is 0.571. The zero-order valence-electron chi connectivity index (χ0n) is 10.5. The zero-order chi connectivity index (χ0) is 12.1. The molecule has 1 aliphatic rings. The number of aryl methyl sites for hydroxylation is 1. The Labute approximate surface area is 103 Å². The van der Waals surface area contributed by atoms with E-state index in [4.69, 9.17) is 10.5 Å². The van der Waals surface area contributed by atoms with Gasteiger partial charge in [-0.15, -0.1) is 0 Å². The Bertz CT molecular complexity index is 359. The van der Waals surface area contributed by atoms with E-state index >= 15 is 0 Å². The first kappa shape index (κ1) is 12.2. The highest BCUT2D eigenvalue weighted by molar-refractivity contribution is 5.50. The number of methoxy groups -OCH3 is 1. The molecule has 0 aromatic heterocycles. The van der Waals surface area contributed by atoms with E-state index in [2.05, 4.69) is 11.4 Å². The van der Waals surface area contributed by atoms with Crippen LogP contribution in [-0.2, 0) is 6.42 Å². The molecule has 94 valence electrons. The number of ether oxygens (including phenoxy) is 1. The lowest BCUT2D eigenvalue weighted by Gasteiger charge is -2.22. The summed E-state index contributed by atoms with van der Waals surface area (Å²) in [6, 6.07) is 5.93. The van der Waals surface area contributed by atoms with Gasteiger partial charge in [-0.1, -0.05) is 0 Å². The van der Waals surface area contributed by atoms with Crippen molar-refractivity contribution < 1.29 is 4.74 Å². The highest BCUT2D eigenvalue weighted by Gasteiger charge is 2.13. The summed E-state index contributed by atoms with van der Waals surface area (Å²) < 4.78 is 5.24. The van der Waals surface area contributed by atoms with Gasteiger partial charge in [-0.25, -0.2) is 0 Å². The van der Waals surface area contributed by atoms with Gasteiger partial charge in [0.25, 0.3) is 0 Å². The van der Waals surface area contributed by atoms with E-state index in [0.29, 0.717) is 0 Å². The van der Waals surface area contributed by atoms with Gasteiger partial charge >= 0.3 is 0 Å². The highest BCUT2D eigenvalue weighted by Crippen LogP contribution is 2.24. The number of nitrogen functional groups attached to an aromatic ring is 1. The third kappa shape index (κ3) is 3.37. The lowest BCUT2D eigenvalue weighted by Crippen LogP contribution is -2.27. The number of piperidine rings is 1. The van der Waals surface area contributed by atoms with Crippen molar-refractivity contribution in [2.45, 2.75) is 25.7 Å². The molecule has 2 rings (SSSR count). The molecule has 1 fully saturated rings. The van der Waals surface area contributed by atoms with Crippen molar-refractivity contribution in [2.75, 3.05) is 25.9 Å². The van der Waals surface area contributed by atoms with E-state index in [9.17, 15) is 0 Å². The number of nitrogens with two attached hydrogens (primary N) is 1. The van der Waals surface area contributed by atoms with Crippen molar-refractivity contribution in [3.8, 4) is 5.75 Å². The van der Waals surface area contributed by atoms with Gasteiger partial charge in [-0.2, -0.15) is 0 Å². The third-order valence-electron chi connectivity index (χ3n) is 3.63. The van der Waals surface area contributed by atoms with Crippen LogP contribution in [0.5, 0.6) is 5.75 Å². The molecule has 0 bridgehead atoms.